The maximum atomic E-state index is 13.6. The fourth-order valence-corrected chi connectivity index (χ4v) is 4.16. The zero-order valence-electron chi connectivity index (χ0n) is 9.63. The predicted octanol–water partition coefficient (Wildman–Crippen LogP) is 3.15. The number of carbonyl (C=O) groups is 1. The largest absolute Gasteiger partial charge is 0.478 e. The molecule has 0 saturated heterocycles. The van der Waals surface area contributed by atoms with E-state index in [4.69, 9.17) is 5.11 Å². The summed E-state index contributed by atoms with van der Waals surface area (Å²) in [6.45, 7) is 0. The zero-order chi connectivity index (χ0) is 14.9. The average molecular weight is 380 g/mol. The van der Waals surface area contributed by atoms with Crippen molar-refractivity contribution in [3.63, 3.8) is 0 Å². The van der Waals surface area contributed by atoms with Crippen molar-refractivity contribution < 1.29 is 22.7 Å². The second-order valence-electron chi connectivity index (χ2n) is 3.66. The van der Waals surface area contributed by atoms with Gasteiger partial charge in [-0.2, -0.15) is 0 Å². The number of anilines is 1. The van der Waals surface area contributed by atoms with Gasteiger partial charge in [0.1, 0.15) is 10.0 Å². The zero-order valence-corrected chi connectivity index (χ0v) is 12.9. The smallest absolute Gasteiger partial charge is 0.336 e. The molecule has 106 valence electrons. The number of hydrogen-bond donors (Lipinski definition) is 2. The summed E-state index contributed by atoms with van der Waals surface area (Å²) in [4.78, 5) is 10.7. The molecule has 0 radical (unpaired) electrons. The molecule has 2 aromatic rings. The lowest BCUT2D eigenvalue weighted by atomic mass is 10.3. The van der Waals surface area contributed by atoms with Crippen LogP contribution in [0.4, 0.5) is 10.1 Å². The van der Waals surface area contributed by atoms with Crippen LogP contribution in [0.3, 0.4) is 0 Å². The van der Waals surface area contributed by atoms with E-state index in [0.717, 1.165) is 23.5 Å². The summed E-state index contributed by atoms with van der Waals surface area (Å²) in [5, 5.41) is 9.97. The minimum Gasteiger partial charge on any atom is -0.478 e. The summed E-state index contributed by atoms with van der Waals surface area (Å²) in [5.74, 6) is -1.97. The number of nitrogens with one attached hydrogen (secondary N) is 1. The Kier molecular flexibility index (Phi) is 4.11. The van der Waals surface area contributed by atoms with Gasteiger partial charge in [-0.3, -0.25) is 4.72 Å². The van der Waals surface area contributed by atoms with Crippen LogP contribution < -0.4 is 4.72 Å². The molecule has 0 aliphatic carbocycles. The van der Waals surface area contributed by atoms with Gasteiger partial charge in [-0.15, -0.1) is 11.3 Å². The maximum absolute atomic E-state index is 13.6. The third-order valence-corrected chi connectivity index (χ3v) is 5.74. The first-order valence-corrected chi connectivity index (χ1v) is 8.25. The SMILES string of the molecule is O=C(O)c1csc(S(=O)(=O)Nc2c(F)cccc2Br)c1. The van der Waals surface area contributed by atoms with Crippen LogP contribution in [0, 0.1) is 5.82 Å². The van der Waals surface area contributed by atoms with E-state index in [0.29, 0.717) is 0 Å². The molecule has 0 atom stereocenters. The summed E-state index contributed by atoms with van der Waals surface area (Å²) in [5.41, 5.74) is -0.360. The second kappa shape index (κ2) is 5.51. The number of para-hydroxylation sites is 1. The molecule has 1 heterocycles. The number of halogens is 2. The normalized spacial score (nSPS) is 11.3. The molecule has 20 heavy (non-hydrogen) atoms. The van der Waals surface area contributed by atoms with Crippen molar-refractivity contribution in [3.05, 3.63) is 45.5 Å². The Morgan fingerprint density at radius 1 is 1.40 bits per heavy atom. The number of aromatic carboxylic acids is 1. The molecule has 5 nitrogen and oxygen atoms in total. The molecule has 0 amide bonds. The molecule has 0 aliphatic heterocycles. The topological polar surface area (TPSA) is 83.5 Å². The Bertz CT molecular complexity index is 752. The number of hydrogen-bond acceptors (Lipinski definition) is 4. The summed E-state index contributed by atoms with van der Waals surface area (Å²) in [6.07, 6.45) is 0. The molecule has 0 saturated carbocycles. The van der Waals surface area contributed by atoms with Crippen molar-refractivity contribution in [2.24, 2.45) is 0 Å². The van der Waals surface area contributed by atoms with E-state index in [-0.39, 0.29) is 19.9 Å². The van der Waals surface area contributed by atoms with Gasteiger partial charge in [-0.25, -0.2) is 17.6 Å². The van der Waals surface area contributed by atoms with Gasteiger partial charge in [-0.1, -0.05) is 6.07 Å². The van der Waals surface area contributed by atoms with Crippen LogP contribution in [0.25, 0.3) is 0 Å². The Labute approximate surface area is 126 Å². The fourth-order valence-electron chi connectivity index (χ4n) is 1.35. The standard InChI is InChI=1S/C11H7BrFNO4S2/c12-7-2-1-3-8(13)10(7)14-20(17,18)9-4-6(5-19-9)11(15)16/h1-5,14H,(H,15,16). The van der Waals surface area contributed by atoms with Gasteiger partial charge in [0.05, 0.1) is 11.3 Å². The van der Waals surface area contributed by atoms with E-state index in [2.05, 4.69) is 20.7 Å². The Morgan fingerprint density at radius 2 is 2.10 bits per heavy atom. The Balaban J connectivity index is 2.38. The van der Waals surface area contributed by atoms with E-state index in [9.17, 15) is 17.6 Å². The molecule has 2 N–H and O–H groups in total. The molecular formula is C11H7BrFNO4S2. The number of sulfonamides is 1. The van der Waals surface area contributed by atoms with Crippen LogP contribution in [0.15, 0.2) is 38.3 Å². The lowest BCUT2D eigenvalue weighted by Gasteiger charge is -2.08. The molecular weight excluding hydrogens is 373 g/mol. The number of benzene rings is 1. The van der Waals surface area contributed by atoms with Crippen molar-refractivity contribution in [1.29, 1.82) is 0 Å². The van der Waals surface area contributed by atoms with Crippen LogP contribution in [0.1, 0.15) is 10.4 Å². The maximum Gasteiger partial charge on any atom is 0.336 e. The van der Waals surface area contributed by atoms with Crippen LogP contribution in [0.5, 0.6) is 0 Å². The van der Waals surface area contributed by atoms with Gasteiger partial charge in [0.15, 0.2) is 0 Å². The third-order valence-electron chi connectivity index (χ3n) is 2.29. The highest BCUT2D eigenvalue weighted by Crippen LogP contribution is 2.29. The summed E-state index contributed by atoms with van der Waals surface area (Å²) < 4.78 is 39.8. The minimum atomic E-state index is -4.04. The number of thiophene rings is 1. The van der Waals surface area contributed by atoms with Gasteiger partial charge >= 0.3 is 5.97 Å². The third kappa shape index (κ3) is 3.00. The van der Waals surface area contributed by atoms with Gasteiger partial charge in [-0.05, 0) is 34.1 Å². The number of carboxylic acids is 1. The average Bonchev–Trinajstić information content (AvgIpc) is 2.84. The van der Waals surface area contributed by atoms with Gasteiger partial charge < -0.3 is 5.11 Å². The van der Waals surface area contributed by atoms with Crippen molar-refractivity contribution in [1.82, 2.24) is 0 Å². The molecule has 9 heteroatoms. The van der Waals surface area contributed by atoms with Crippen LogP contribution in [0.2, 0.25) is 0 Å². The fraction of sp³-hybridized carbons (Fsp3) is 0. The van der Waals surface area contributed by atoms with Gasteiger partial charge in [0, 0.05) is 9.85 Å². The Hall–Kier alpha value is -1.45. The predicted molar refractivity (Wildman–Crippen MR) is 76.2 cm³/mol. The first-order chi connectivity index (χ1) is 9.31. The van der Waals surface area contributed by atoms with E-state index in [1.807, 2.05) is 0 Å². The summed E-state index contributed by atoms with van der Waals surface area (Å²) in [7, 11) is -4.04. The molecule has 1 aromatic heterocycles. The highest BCUT2D eigenvalue weighted by atomic mass is 79.9. The molecule has 0 aliphatic rings. The van der Waals surface area contributed by atoms with E-state index < -0.39 is 21.8 Å². The molecule has 0 unspecified atom stereocenters. The number of carboxylic acid groups (broad SMARTS) is 1. The van der Waals surface area contributed by atoms with Crippen LogP contribution >= 0.6 is 27.3 Å². The molecule has 2 rings (SSSR count). The van der Waals surface area contributed by atoms with Crippen molar-refractivity contribution in [3.8, 4) is 0 Å². The molecule has 1 aromatic carbocycles. The lowest BCUT2D eigenvalue weighted by molar-refractivity contribution is 0.0697. The van der Waals surface area contributed by atoms with Crippen LogP contribution in [-0.2, 0) is 10.0 Å². The summed E-state index contributed by atoms with van der Waals surface area (Å²) >= 11 is 3.79. The quantitative estimate of drug-likeness (QED) is 0.854. The van der Waals surface area contributed by atoms with Crippen molar-refractivity contribution in [2.75, 3.05) is 4.72 Å². The molecule has 0 fully saturated rings. The monoisotopic (exact) mass is 379 g/mol. The van der Waals surface area contributed by atoms with Crippen molar-refractivity contribution >= 4 is 48.9 Å². The summed E-state index contributed by atoms with van der Waals surface area (Å²) in [6, 6.07) is 5.03. The Morgan fingerprint density at radius 3 is 2.65 bits per heavy atom. The highest BCUT2D eigenvalue weighted by molar-refractivity contribution is 9.10. The van der Waals surface area contributed by atoms with E-state index in [1.165, 1.54) is 17.5 Å². The van der Waals surface area contributed by atoms with Crippen molar-refractivity contribution in [2.45, 2.75) is 4.21 Å². The first-order valence-electron chi connectivity index (χ1n) is 5.10. The first kappa shape index (κ1) is 14.9. The lowest BCUT2D eigenvalue weighted by Crippen LogP contribution is -2.13. The van der Waals surface area contributed by atoms with Gasteiger partial charge in [0.25, 0.3) is 10.0 Å². The minimum absolute atomic E-state index is 0.136. The number of rotatable bonds is 4. The van der Waals surface area contributed by atoms with Crippen LogP contribution in [-0.4, -0.2) is 19.5 Å². The second-order valence-corrected chi connectivity index (χ2v) is 7.34. The molecule has 0 spiro atoms. The van der Waals surface area contributed by atoms with Gasteiger partial charge in [0.2, 0.25) is 0 Å². The molecule has 0 bridgehead atoms. The highest BCUT2D eigenvalue weighted by Gasteiger charge is 2.21. The van der Waals surface area contributed by atoms with E-state index in [1.54, 1.807) is 0 Å². The van der Waals surface area contributed by atoms with E-state index >= 15 is 0 Å².